The Hall–Kier alpha value is -1.84. The fourth-order valence-corrected chi connectivity index (χ4v) is 9.95. The number of rotatable bonds is 4. The first-order chi connectivity index (χ1) is 25.6. The van der Waals surface area contributed by atoms with Crippen molar-refractivity contribution in [3.63, 3.8) is 0 Å². The smallest absolute Gasteiger partial charge is 0.322 e. The topological polar surface area (TPSA) is 63.6 Å². The van der Waals surface area contributed by atoms with Crippen LogP contribution in [0.2, 0.25) is 0 Å². The van der Waals surface area contributed by atoms with Crippen LogP contribution in [0, 0.1) is 11.3 Å². The summed E-state index contributed by atoms with van der Waals surface area (Å²) in [5, 5.41) is 11.2. The lowest BCUT2D eigenvalue weighted by Gasteiger charge is -2.39. The summed E-state index contributed by atoms with van der Waals surface area (Å²) in [7, 11) is 0. The van der Waals surface area contributed by atoms with Gasteiger partial charge >= 0.3 is 11.9 Å². The molecule has 0 aromatic rings. The second-order valence-corrected chi connectivity index (χ2v) is 17.3. The van der Waals surface area contributed by atoms with Gasteiger partial charge in [-0.15, -0.1) is 0 Å². The number of carboxylic acid groups (broad SMARTS) is 1. The van der Waals surface area contributed by atoms with E-state index >= 15 is 0 Å². The zero-order valence-electron chi connectivity index (χ0n) is 33.7. The SMILES string of the molecule is O=C(O)C(/C1=C/CCCCCCCC1)(/C1=C/CCCCCCCC1)/C1=C/CCCCCCCC1.O=C1OC2CCCCCCCCCCCCCC12. The number of ether oxygens (including phenoxy) is 1. The van der Waals surface area contributed by atoms with Gasteiger partial charge in [-0.05, 0) is 113 Å². The van der Waals surface area contributed by atoms with Crippen molar-refractivity contribution in [2.75, 3.05) is 0 Å². The van der Waals surface area contributed by atoms with Gasteiger partial charge in [0, 0.05) is 0 Å². The molecule has 2 atom stereocenters. The Balaban J connectivity index is 0.000000281. The maximum Gasteiger partial charge on any atom is 0.322 e. The summed E-state index contributed by atoms with van der Waals surface area (Å²) in [6.45, 7) is 0. The van der Waals surface area contributed by atoms with Gasteiger partial charge < -0.3 is 9.84 Å². The van der Waals surface area contributed by atoms with E-state index in [1.807, 2.05) is 0 Å². The van der Waals surface area contributed by atoms with Crippen LogP contribution in [0.4, 0.5) is 0 Å². The molecule has 0 aromatic heterocycles. The average Bonchev–Trinajstić information content (AvgIpc) is 3.16. The van der Waals surface area contributed by atoms with Crippen LogP contribution in [0.25, 0.3) is 0 Å². The molecule has 2 unspecified atom stereocenters. The fourth-order valence-electron chi connectivity index (χ4n) is 9.95. The van der Waals surface area contributed by atoms with Crippen LogP contribution in [0.3, 0.4) is 0 Å². The monoisotopic (exact) mass is 721 g/mol. The Morgan fingerprint density at radius 2 is 0.769 bits per heavy atom. The molecule has 1 heterocycles. The molecule has 0 amide bonds. The van der Waals surface area contributed by atoms with Gasteiger partial charge in [-0.1, -0.05) is 159 Å². The number of fused-ring (bicyclic) bond motifs is 1. The van der Waals surface area contributed by atoms with Crippen molar-refractivity contribution in [3.8, 4) is 0 Å². The van der Waals surface area contributed by atoms with Gasteiger partial charge in [0.25, 0.3) is 0 Å². The van der Waals surface area contributed by atoms with E-state index in [1.54, 1.807) is 0 Å². The molecule has 5 aliphatic rings. The minimum absolute atomic E-state index is 0.0734. The maximum absolute atomic E-state index is 13.7. The molecule has 1 saturated carbocycles. The first kappa shape index (κ1) is 42.9. The predicted molar refractivity (Wildman–Crippen MR) is 219 cm³/mol. The highest BCUT2D eigenvalue weighted by atomic mass is 16.6. The molecule has 0 radical (unpaired) electrons. The minimum atomic E-state index is -0.877. The number of hydrogen-bond donors (Lipinski definition) is 1. The highest BCUT2D eigenvalue weighted by molar-refractivity contribution is 5.87. The van der Waals surface area contributed by atoms with Crippen molar-refractivity contribution in [2.24, 2.45) is 11.3 Å². The lowest BCUT2D eigenvalue weighted by molar-refractivity contribution is -0.186. The highest BCUT2D eigenvalue weighted by Crippen LogP contribution is 2.50. The van der Waals surface area contributed by atoms with Gasteiger partial charge in [-0.3, -0.25) is 9.59 Å². The van der Waals surface area contributed by atoms with Gasteiger partial charge in [0.05, 0.1) is 5.92 Å². The Morgan fingerprint density at radius 1 is 0.462 bits per heavy atom. The standard InChI is InChI=1S/C32H52O2.C16H28O2/c33-31(34)32(28-22-16-10-4-1-5-11-17-23-28,29-24-18-12-6-2-7-13-19-25-29)30-26-20-14-8-3-9-15-21-27-30;17-16-14-12-10-8-6-4-2-1-3-5-7-9-11-13-15(14)18-16/h22,24,26H,1-21,23,25,27H2,(H,33,34);14-15H,1-13H2/b28-22+,29-24+,30-26+;. The molecule has 0 aromatic carbocycles. The van der Waals surface area contributed by atoms with Crippen LogP contribution in [0.5, 0.6) is 0 Å². The zero-order chi connectivity index (χ0) is 36.5. The number of aliphatic carboxylic acids is 1. The van der Waals surface area contributed by atoms with Crippen molar-refractivity contribution in [1.29, 1.82) is 0 Å². The van der Waals surface area contributed by atoms with Gasteiger partial charge in [0.1, 0.15) is 11.5 Å². The summed E-state index contributed by atoms with van der Waals surface area (Å²) in [5.74, 6) is -0.262. The zero-order valence-corrected chi connectivity index (χ0v) is 33.7. The lowest BCUT2D eigenvalue weighted by atomic mass is 9.63. The molecule has 1 saturated heterocycles. The van der Waals surface area contributed by atoms with E-state index in [4.69, 9.17) is 4.74 Å². The van der Waals surface area contributed by atoms with E-state index in [-0.39, 0.29) is 18.0 Å². The second kappa shape index (κ2) is 26.0. The number of hydrogen-bond acceptors (Lipinski definition) is 3. The van der Waals surface area contributed by atoms with Crippen molar-refractivity contribution in [1.82, 2.24) is 0 Å². The van der Waals surface area contributed by atoms with Crippen molar-refractivity contribution >= 4 is 11.9 Å². The van der Waals surface area contributed by atoms with Gasteiger partial charge in [0.2, 0.25) is 0 Å². The van der Waals surface area contributed by atoms with E-state index in [2.05, 4.69) is 18.2 Å². The van der Waals surface area contributed by atoms with Crippen LogP contribution >= 0.6 is 0 Å². The molecule has 0 bridgehead atoms. The Bertz CT molecular complexity index is 1010. The van der Waals surface area contributed by atoms with Gasteiger partial charge in [-0.2, -0.15) is 0 Å². The molecule has 5 rings (SSSR count). The number of esters is 1. The quantitative estimate of drug-likeness (QED) is 0.232. The van der Waals surface area contributed by atoms with Crippen molar-refractivity contribution in [2.45, 2.75) is 244 Å². The third-order valence-electron chi connectivity index (χ3n) is 13.2. The Labute approximate surface area is 320 Å². The van der Waals surface area contributed by atoms with Crippen LogP contribution in [-0.4, -0.2) is 23.1 Å². The molecule has 1 N–H and O–H groups in total. The largest absolute Gasteiger partial charge is 0.480 e. The van der Waals surface area contributed by atoms with E-state index in [0.29, 0.717) is 0 Å². The molecule has 1 aliphatic heterocycles. The van der Waals surface area contributed by atoms with E-state index < -0.39 is 11.4 Å². The minimum Gasteiger partial charge on any atom is -0.480 e. The van der Waals surface area contributed by atoms with Crippen molar-refractivity contribution in [3.05, 3.63) is 34.9 Å². The number of carbonyl (C=O) groups is 2. The second-order valence-electron chi connectivity index (χ2n) is 17.3. The van der Waals surface area contributed by atoms with Crippen LogP contribution < -0.4 is 0 Å². The normalized spacial score (nSPS) is 29.6. The summed E-state index contributed by atoms with van der Waals surface area (Å²) in [5.41, 5.74) is 2.85. The third kappa shape index (κ3) is 14.4. The summed E-state index contributed by atoms with van der Waals surface area (Å²) in [6.07, 6.45) is 53.1. The molecule has 0 spiro atoms. The molecular weight excluding hydrogens is 641 g/mol. The maximum atomic E-state index is 13.7. The summed E-state index contributed by atoms with van der Waals surface area (Å²) < 4.78 is 5.29. The summed E-state index contributed by atoms with van der Waals surface area (Å²) in [6, 6.07) is 0. The number of carboxylic acids is 1. The fraction of sp³-hybridized carbons (Fsp3) is 0.833. The van der Waals surface area contributed by atoms with Crippen LogP contribution in [-0.2, 0) is 14.3 Å². The molecule has 4 nitrogen and oxygen atoms in total. The highest BCUT2D eigenvalue weighted by Gasteiger charge is 2.47. The molecule has 4 heteroatoms. The lowest BCUT2D eigenvalue weighted by Crippen LogP contribution is -2.44. The summed E-state index contributed by atoms with van der Waals surface area (Å²) in [4.78, 5) is 25.1. The first-order valence-corrected chi connectivity index (χ1v) is 23.2. The third-order valence-corrected chi connectivity index (χ3v) is 13.2. The molecule has 2 fully saturated rings. The molecule has 52 heavy (non-hydrogen) atoms. The Morgan fingerprint density at radius 3 is 1.12 bits per heavy atom. The Kier molecular flexibility index (Phi) is 21.5. The number of allylic oxidation sites excluding steroid dienone is 3. The van der Waals surface area contributed by atoms with Crippen LogP contribution in [0.15, 0.2) is 34.9 Å². The predicted octanol–water partition coefficient (Wildman–Crippen LogP) is 14.9. The van der Waals surface area contributed by atoms with E-state index in [9.17, 15) is 14.7 Å². The molecule has 296 valence electrons. The van der Waals surface area contributed by atoms with Crippen LogP contribution in [0.1, 0.15) is 238 Å². The van der Waals surface area contributed by atoms with E-state index in [1.165, 1.54) is 184 Å². The van der Waals surface area contributed by atoms with Gasteiger partial charge in [-0.25, -0.2) is 0 Å². The van der Waals surface area contributed by atoms with Gasteiger partial charge in [0.15, 0.2) is 0 Å². The average molecular weight is 721 g/mol. The first-order valence-electron chi connectivity index (χ1n) is 23.2. The van der Waals surface area contributed by atoms with Crippen molar-refractivity contribution < 1.29 is 19.4 Å². The molecule has 4 aliphatic carbocycles. The molecular formula is C48H80O4. The number of carbonyl (C=O) groups excluding carboxylic acids is 1. The van der Waals surface area contributed by atoms with E-state index in [0.717, 1.165) is 70.6 Å². The summed E-state index contributed by atoms with van der Waals surface area (Å²) >= 11 is 0.